The molecular weight excluding hydrogens is 268 g/mol. The molecule has 0 amide bonds. The van der Waals surface area contributed by atoms with Gasteiger partial charge in [0, 0.05) is 18.6 Å². The largest absolute Gasteiger partial charge is 0.478 e. The maximum Gasteiger partial charge on any atom is 0.389 e. The van der Waals surface area contributed by atoms with E-state index in [9.17, 15) is 22.4 Å². The number of alkyl halides is 3. The highest BCUT2D eigenvalue weighted by Gasteiger charge is 2.25. The first-order valence-electron chi connectivity index (χ1n) is 5.46. The Morgan fingerprint density at radius 2 is 2.00 bits per heavy atom. The quantitative estimate of drug-likeness (QED) is 0.642. The summed E-state index contributed by atoms with van der Waals surface area (Å²) in [7, 11) is 0. The summed E-state index contributed by atoms with van der Waals surface area (Å²) in [6.45, 7) is -0.430. The molecule has 0 bridgehead atoms. The molecule has 0 radical (unpaired) electrons. The van der Waals surface area contributed by atoms with Gasteiger partial charge in [-0.25, -0.2) is 9.18 Å². The first-order valence-corrected chi connectivity index (χ1v) is 5.46. The fourth-order valence-electron chi connectivity index (χ4n) is 1.41. The van der Waals surface area contributed by atoms with E-state index in [0.717, 1.165) is 6.07 Å². The predicted molar refractivity (Wildman–Crippen MR) is 58.3 cm³/mol. The van der Waals surface area contributed by atoms with Crippen molar-refractivity contribution in [1.29, 1.82) is 0 Å². The van der Waals surface area contributed by atoms with Crippen molar-refractivity contribution < 1.29 is 32.2 Å². The lowest BCUT2D eigenvalue weighted by atomic mass is 10.1. The van der Waals surface area contributed by atoms with Crippen LogP contribution in [0.1, 0.15) is 28.8 Å². The molecule has 0 saturated carbocycles. The van der Waals surface area contributed by atoms with Crippen molar-refractivity contribution in [2.75, 3.05) is 6.61 Å². The van der Waals surface area contributed by atoms with Gasteiger partial charge in [-0.2, -0.15) is 13.2 Å². The van der Waals surface area contributed by atoms with Crippen molar-refractivity contribution in [2.45, 2.75) is 25.6 Å². The van der Waals surface area contributed by atoms with Crippen LogP contribution in [0.3, 0.4) is 0 Å². The van der Waals surface area contributed by atoms with Gasteiger partial charge in [0.1, 0.15) is 5.82 Å². The summed E-state index contributed by atoms with van der Waals surface area (Å²) in [6.07, 6.45) is -5.42. The van der Waals surface area contributed by atoms with Crippen LogP contribution in [0.5, 0.6) is 0 Å². The summed E-state index contributed by atoms with van der Waals surface area (Å²) < 4.78 is 54.0. The molecule has 3 nitrogen and oxygen atoms in total. The Balaban J connectivity index is 2.46. The molecule has 0 spiro atoms. The minimum Gasteiger partial charge on any atom is -0.478 e. The summed E-state index contributed by atoms with van der Waals surface area (Å²) >= 11 is 0. The number of rotatable bonds is 6. The first kappa shape index (κ1) is 15.4. The topological polar surface area (TPSA) is 46.5 Å². The van der Waals surface area contributed by atoms with Crippen molar-refractivity contribution in [2.24, 2.45) is 0 Å². The van der Waals surface area contributed by atoms with Gasteiger partial charge in [0.25, 0.3) is 0 Å². The molecule has 0 aromatic heterocycles. The van der Waals surface area contributed by atoms with E-state index in [1.807, 2.05) is 0 Å². The molecule has 0 fully saturated rings. The molecule has 1 aromatic rings. The Morgan fingerprint density at radius 1 is 1.32 bits per heavy atom. The van der Waals surface area contributed by atoms with E-state index in [0.29, 0.717) is 0 Å². The number of ether oxygens (including phenoxy) is 1. The van der Waals surface area contributed by atoms with Crippen LogP contribution in [-0.4, -0.2) is 23.9 Å². The Bertz CT molecular complexity index is 443. The molecule has 0 atom stereocenters. The van der Waals surface area contributed by atoms with Gasteiger partial charge in [-0.1, -0.05) is 12.1 Å². The highest BCUT2D eigenvalue weighted by molar-refractivity contribution is 5.88. The van der Waals surface area contributed by atoms with Crippen molar-refractivity contribution in [3.8, 4) is 0 Å². The molecular formula is C12H12F4O3. The number of halogens is 4. The van der Waals surface area contributed by atoms with E-state index in [2.05, 4.69) is 0 Å². The molecule has 0 aliphatic heterocycles. The highest BCUT2D eigenvalue weighted by Crippen LogP contribution is 2.21. The maximum atomic E-state index is 13.6. The third-order valence-corrected chi connectivity index (χ3v) is 2.32. The third-order valence-electron chi connectivity index (χ3n) is 2.32. The third kappa shape index (κ3) is 5.25. The van der Waals surface area contributed by atoms with E-state index < -0.39 is 29.9 Å². The second-order valence-corrected chi connectivity index (χ2v) is 3.86. The van der Waals surface area contributed by atoms with E-state index in [4.69, 9.17) is 9.84 Å². The first-order chi connectivity index (χ1) is 8.81. The van der Waals surface area contributed by atoms with Gasteiger partial charge in [0.2, 0.25) is 0 Å². The van der Waals surface area contributed by atoms with E-state index in [1.165, 1.54) is 12.1 Å². The molecule has 106 valence electrons. The Morgan fingerprint density at radius 3 is 2.58 bits per heavy atom. The molecule has 7 heteroatoms. The molecule has 19 heavy (non-hydrogen) atoms. The Labute approximate surface area is 106 Å². The summed E-state index contributed by atoms with van der Waals surface area (Å²) in [6, 6.07) is 3.78. The van der Waals surface area contributed by atoms with Gasteiger partial charge in [-0.15, -0.1) is 0 Å². The van der Waals surface area contributed by atoms with Crippen LogP contribution in [0.2, 0.25) is 0 Å². The zero-order chi connectivity index (χ0) is 14.5. The average molecular weight is 280 g/mol. The van der Waals surface area contributed by atoms with E-state index in [1.54, 1.807) is 0 Å². The van der Waals surface area contributed by atoms with Crippen LogP contribution in [0, 0.1) is 5.82 Å². The summed E-state index contributed by atoms with van der Waals surface area (Å²) in [5.41, 5.74) is -0.483. The van der Waals surface area contributed by atoms with Crippen molar-refractivity contribution in [3.63, 3.8) is 0 Å². The van der Waals surface area contributed by atoms with Gasteiger partial charge < -0.3 is 9.84 Å². The number of aromatic carboxylic acids is 1. The number of hydrogen-bond donors (Lipinski definition) is 1. The fraction of sp³-hybridized carbons (Fsp3) is 0.417. The fourth-order valence-corrected chi connectivity index (χ4v) is 1.41. The number of carboxylic acids is 1. The number of hydrogen-bond acceptors (Lipinski definition) is 2. The molecule has 1 rings (SSSR count). The Hall–Kier alpha value is -1.63. The standard InChI is InChI=1S/C12H12F4O3/c13-10-8(3-1-4-9(10)11(17)18)7-19-6-2-5-12(14,15)16/h1,3-4H,2,5-7H2,(H,17,18). The predicted octanol–water partition coefficient (Wildman–Crippen LogP) is 3.38. The lowest BCUT2D eigenvalue weighted by Gasteiger charge is -2.08. The second-order valence-electron chi connectivity index (χ2n) is 3.86. The van der Waals surface area contributed by atoms with Crippen LogP contribution in [0.15, 0.2) is 18.2 Å². The molecule has 0 aliphatic carbocycles. The molecule has 1 aromatic carbocycles. The van der Waals surface area contributed by atoms with Gasteiger partial charge in [0.15, 0.2) is 0 Å². The van der Waals surface area contributed by atoms with Gasteiger partial charge in [-0.05, 0) is 12.5 Å². The summed E-state index contributed by atoms with van der Waals surface area (Å²) in [5, 5.41) is 8.68. The van der Waals surface area contributed by atoms with E-state index >= 15 is 0 Å². The molecule has 0 saturated heterocycles. The summed E-state index contributed by atoms with van der Waals surface area (Å²) in [5.74, 6) is -2.33. The minimum atomic E-state index is -4.24. The van der Waals surface area contributed by atoms with Crippen LogP contribution in [0.25, 0.3) is 0 Å². The van der Waals surface area contributed by atoms with Crippen LogP contribution < -0.4 is 0 Å². The molecule has 0 heterocycles. The normalized spacial score (nSPS) is 11.6. The molecule has 1 N–H and O–H groups in total. The minimum absolute atomic E-state index is 0.00640. The van der Waals surface area contributed by atoms with Crippen LogP contribution >= 0.6 is 0 Å². The number of carboxylic acid groups (broad SMARTS) is 1. The average Bonchev–Trinajstić information content (AvgIpc) is 2.28. The van der Waals surface area contributed by atoms with Crippen LogP contribution in [0.4, 0.5) is 17.6 Å². The van der Waals surface area contributed by atoms with Crippen LogP contribution in [-0.2, 0) is 11.3 Å². The van der Waals surface area contributed by atoms with Gasteiger partial charge >= 0.3 is 12.1 Å². The van der Waals surface area contributed by atoms with Crippen molar-refractivity contribution in [3.05, 3.63) is 35.1 Å². The van der Waals surface area contributed by atoms with Crippen molar-refractivity contribution >= 4 is 5.97 Å². The highest BCUT2D eigenvalue weighted by atomic mass is 19.4. The van der Waals surface area contributed by atoms with Gasteiger partial charge in [0.05, 0.1) is 12.2 Å². The molecule has 0 aliphatic rings. The lowest BCUT2D eigenvalue weighted by molar-refractivity contribution is -0.138. The zero-order valence-electron chi connectivity index (χ0n) is 9.84. The second kappa shape index (κ2) is 6.51. The van der Waals surface area contributed by atoms with Gasteiger partial charge in [-0.3, -0.25) is 0 Å². The summed E-state index contributed by atoms with van der Waals surface area (Å²) in [4.78, 5) is 10.7. The Kier molecular flexibility index (Phi) is 5.29. The SMILES string of the molecule is O=C(O)c1cccc(COCCCC(F)(F)F)c1F. The smallest absolute Gasteiger partial charge is 0.389 e. The number of benzene rings is 1. The monoisotopic (exact) mass is 280 g/mol. The maximum absolute atomic E-state index is 13.6. The van der Waals surface area contributed by atoms with Crippen molar-refractivity contribution in [1.82, 2.24) is 0 Å². The van der Waals surface area contributed by atoms with E-state index in [-0.39, 0.29) is 25.2 Å². The molecule has 0 unspecified atom stereocenters. The lowest BCUT2D eigenvalue weighted by Crippen LogP contribution is -2.09. The number of carbonyl (C=O) groups is 1. The zero-order valence-corrected chi connectivity index (χ0v) is 9.84.